The van der Waals surface area contributed by atoms with E-state index >= 15 is 0 Å². The first-order valence-electron chi connectivity index (χ1n) is 6.30. The highest BCUT2D eigenvalue weighted by Gasteiger charge is 2.16. The van der Waals surface area contributed by atoms with Crippen molar-refractivity contribution >= 4 is 5.78 Å². The summed E-state index contributed by atoms with van der Waals surface area (Å²) in [4.78, 5) is 11.4. The summed E-state index contributed by atoms with van der Waals surface area (Å²) >= 11 is 0. The van der Waals surface area contributed by atoms with Gasteiger partial charge in [-0.2, -0.15) is 0 Å². The van der Waals surface area contributed by atoms with Gasteiger partial charge in [-0.05, 0) is 39.0 Å². The molecular weight excluding hydrogens is 258 g/mol. The zero-order chi connectivity index (χ0) is 14.7. The van der Waals surface area contributed by atoms with Crippen LogP contribution in [0.1, 0.15) is 41.8 Å². The first-order chi connectivity index (χ1) is 9.51. The summed E-state index contributed by atoms with van der Waals surface area (Å²) in [5.74, 6) is 1.67. The SMILES string of the molecule is COc1ccc(C(C)=O)cc1OC(C)c1cc(C)no1. The fraction of sp³-hybridized carbons (Fsp3) is 0.333. The summed E-state index contributed by atoms with van der Waals surface area (Å²) < 4.78 is 16.2. The molecule has 1 unspecified atom stereocenters. The zero-order valence-corrected chi connectivity index (χ0v) is 12.0. The van der Waals surface area contributed by atoms with Gasteiger partial charge >= 0.3 is 0 Å². The fourth-order valence-electron chi connectivity index (χ4n) is 1.81. The van der Waals surface area contributed by atoms with Crippen molar-refractivity contribution in [2.75, 3.05) is 7.11 Å². The molecule has 0 aliphatic heterocycles. The van der Waals surface area contributed by atoms with Crippen molar-refractivity contribution < 1.29 is 18.8 Å². The van der Waals surface area contributed by atoms with Crippen LogP contribution in [-0.2, 0) is 0 Å². The van der Waals surface area contributed by atoms with E-state index in [9.17, 15) is 4.79 Å². The molecule has 1 heterocycles. The lowest BCUT2D eigenvalue weighted by Crippen LogP contribution is -2.04. The number of nitrogens with zero attached hydrogens (tertiary/aromatic N) is 1. The van der Waals surface area contributed by atoms with Crippen LogP contribution in [0.5, 0.6) is 11.5 Å². The van der Waals surface area contributed by atoms with Crippen molar-refractivity contribution in [1.82, 2.24) is 5.16 Å². The maximum atomic E-state index is 11.4. The van der Waals surface area contributed by atoms with Crippen molar-refractivity contribution in [3.8, 4) is 11.5 Å². The summed E-state index contributed by atoms with van der Waals surface area (Å²) in [6.45, 7) is 5.20. The van der Waals surface area contributed by atoms with E-state index < -0.39 is 0 Å². The zero-order valence-electron chi connectivity index (χ0n) is 12.0. The van der Waals surface area contributed by atoms with Gasteiger partial charge in [-0.3, -0.25) is 4.79 Å². The average Bonchev–Trinajstić information content (AvgIpc) is 2.85. The van der Waals surface area contributed by atoms with Gasteiger partial charge in [0.2, 0.25) is 0 Å². The Morgan fingerprint density at radius 2 is 2.05 bits per heavy atom. The van der Waals surface area contributed by atoms with Gasteiger partial charge < -0.3 is 14.0 Å². The summed E-state index contributed by atoms with van der Waals surface area (Å²) in [7, 11) is 1.55. The molecular formula is C15H17NO4. The summed E-state index contributed by atoms with van der Waals surface area (Å²) in [6.07, 6.45) is -0.327. The Hall–Kier alpha value is -2.30. The van der Waals surface area contributed by atoms with Crippen LogP contribution >= 0.6 is 0 Å². The number of rotatable bonds is 5. The van der Waals surface area contributed by atoms with Crippen molar-refractivity contribution in [3.05, 3.63) is 41.3 Å². The van der Waals surface area contributed by atoms with Gasteiger partial charge in [-0.15, -0.1) is 0 Å². The molecule has 0 spiro atoms. The molecule has 0 radical (unpaired) electrons. The molecule has 0 aliphatic rings. The lowest BCUT2D eigenvalue weighted by Gasteiger charge is -2.15. The van der Waals surface area contributed by atoms with E-state index in [4.69, 9.17) is 14.0 Å². The number of Topliss-reactive ketones (excluding diaryl/α,β-unsaturated/α-hetero) is 1. The fourth-order valence-corrected chi connectivity index (χ4v) is 1.81. The minimum absolute atomic E-state index is 0.0272. The smallest absolute Gasteiger partial charge is 0.177 e. The summed E-state index contributed by atoms with van der Waals surface area (Å²) in [5.41, 5.74) is 1.36. The van der Waals surface area contributed by atoms with Gasteiger partial charge in [0.1, 0.15) is 0 Å². The molecule has 5 nitrogen and oxygen atoms in total. The topological polar surface area (TPSA) is 61.6 Å². The quantitative estimate of drug-likeness (QED) is 0.783. The predicted molar refractivity (Wildman–Crippen MR) is 73.3 cm³/mol. The highest BCUT2D eigenvalue weighted by molar-refractivity contribution is 5.94. The number of aryl methyl sites for hydroxylation is 1. The van der Waals surface area contributed by atoms with Crippen LogP contribution in [0.2, 0.25) is 0 Å². The first-order valence-corrected chi connectivity index (χ1v) is 6.30. The van der Waals surface area contributed by atoms with Gasteiger partial charge in [0.15, 0.2) is 29.1 Å². The van der Waals surface area contributed by atoms with E-state index in [2.05, 4.69) is 5.16 Å². The predicted octanol–water partition coefficient (Wildman–Crippen LogP) is 3.33. The number of methoxy groups -OCH3 is 1. The number of hydrogen-bond donors (Lipinski definition) is 0. The van der Waals surface area contributed by atoms with Crippen LogP contribution < -0.4 is 9.47 Å². The van der Waals surface area contributed by atoms with Crippen molar-refractivity contribution in [2.24, 2.45) is 0 Å². The minimum atomic E-state index is -0.327. The number of carbonyl (C=O) groups excluding carboxylic acids is 1. The van der Waals surface area contributed by atoms with Gasteiger partial charge in [0.05, 0.1) is 12.8 Å². The average molecular weight is 275 g/mol. The normalized spacial score (nSPS) is 12.0. The summed E-state index contributed by atoms with van der Waals surface area (Å²) in [6, 6.07) is 6.90. The van der Waals surface area contributed by atoms with Crippen LogP contribution in [0.4, 0.5) is 0 Å². The van der Waals surface area contributed by atoms with Crippen LogP contribution in [0.15, 0.2) is 28.8 Å². The van der Waals surface area contributed by atoms with Gasteiger partial charge in [0.25, 0.3) is 0 Å². The molecule has 0 aliphatic carbocycles. The second-order valence-electron chi connectivity index (χ2n) is 4.55. The molecule has 1 aromatic heterocycles. The molecule has 0 bridgehead atoms. The van der Waals surface area contributed by atoms with E-state index in [1.165, 1.54) is 6.92 Å². The summed E-state index contributed by atoms with van der Waals surface area (Å²) in [5, 5.41) is 3.83. The maximum absolute atomic E-state index is 11.4. The molecule has 1 atom stereocenters. The monoisotopic (exact) mass is 275 g/mol. The molecule has 2 rings (SSSR count). The Labute approximate surface area is 117 Å². The Morgan fingerprint density at radius 1 is 1.30 bits per heavy atom. The third kappa shape index (κ3) is 2.99. The number of aromatic nitrogens is 1. The number of ketones is 1. The molecule has 0 fully saturated rings. The Kier molecular flexibility index (Phi) is 4.08. The number of ether oxygens (including phenoxy) is 2. The van der Waals surface area contributed by atoms with Crippen LogP contribution in [0.3, 0.4) is 0 Å². The van der Waals surface area contributed by atoms with Crippen LogP contribution in [0, 0.1) is 6.92 Å². The van der Waals surface area contributed by atoms with Crippen LogP contribution in [-0.4, -0.2) is 18.0 Å². The third-order valence-electron chi connectivity index (χ3n) is 2.92. The number of carbonyl (C=O) groups is 1. The molecule has 5 heteroatoms. The van der Waals surface area contributed by atoms with Gasteiger partial charge in [-0.1, -0.05) is 5.16 Å². The Balaban J connectivity index is 2.27. The standard InChI is InChI=1S/C15H17NO4/c1-9-7-14(20-16-9)11(3)19-15-8-12(10(2)17)5-6-13(15)18-4/h5-8,11H,1-4H3. The van der Waals surface area contributed by atoms with Gasteiger partial charge in [0, 0.05) is 11.6 Å². The van der Waals surface area contributed by atoms with Crippen molar-refractivity contribution in [3.63, 3.8) is 0 Å². The molecule has 2 aromatic rings. The van der Waals surface area contributed by atoms with E-state index in [1.807, 2.05) is 19.9 Å². The second-order valence-corrected chi connectivity index (χ2v) is 4.55. The Morgan fingerprint density at radius 3 is 2.60 bits per heavy atom. The van der Waals surface area contributed by atoms with Gasteiger partial charge in [-0.25, -0.2) is 0 Å². The van der Waals surface area contributed by atoms with E-state index in [-0.39, 0.29) is 11.9 Å². The Bertz CT molecular complexity index is 618. The third-order valence-corrected chi connectivity index (χ3v) is 2.92. The maximum Gasteiger partial charge on any atom is 0.177 e. The second kappa shape index (κ2) is 5.77. The highest BCUT2D eigenvalue weighted by atomic mass is 16.5. The van der Waals surface area contributed by atoms with Crippen molar-refractivity contribution in [1.29, 1.82) is 0 Å². The minimum Gasteiger partial charge on any atom is -0.493 e. The lowest BCUT2D eigenvalue weighted by molar-refractivity contribution is 0.101. The van der Waals surface area contributed by atoms with Crippen LogP contribution in [0.25, 0.3) is 0 Å². The molecule has 106 valence electrons. The molecule has 20 heavy (non-hydrogen) atoms. The largest absolute Gasteiger partial charge is 0.493 e. The molecule has 0 amide bonds. The molecule has 1 aromatic carbocycles. The highest BCUT2D eigenvalue weighted by Crippen LogP contribution is 2.32. The van der Waals surface area contributed by atoms with E-state index in [1.54, 1.807) is 25.3 Å². The number of hydrogen-bond acceptors (Lipinski definition) is 5. The van der Waals surface area contributed by atoms with Crippen molar-refractivity contribution in [2.45, 2.75) is 26.9 Å². The first kappa shape index (κ1) is 14.1. The lowest BCUT2D eigenvalue weighted by atomic mass is 10.1. The molecule has 0 saturated carbocycles. The van der Waals surface area contributed by atoms with E-state index in [0.29, 0.717) is 22.8 Å². The van der Waals surface area contributed by atoms with E-state index in [0.717, 1.165) is 5.69 Å². The molecule has 0 saturated heterocycles. The number of benzene rings is 1. The molecule has 0 N–H and O–H groups in total.